The van der Waals surface area contributed by atoms with Crippen molar-refractivity contribution < 1.29 is 14.4 Å². The normalized spacial score (nSPS) is 14.9. The highest BCUT2D eigenvalue weighted by Gasteiger charge is 2.17. The molecule has 1 aromatic carbocycles. The third kappa shape index (κ3) is 1.52. The van der Waals surface area contributed by atoms with Crippen molar-refractivity contribution in [2.75, 3.05) is 0 Å². The molecule has 1 aromatic rings. The van der Waals surface area contributed by atoms with E-state index >= 15 is 0 Å². The van der Waals surface area contributed by atoms with Crippen molar-refractivity contribution >= 4 is 5.69 Å². The fourth-order valence-corrected chi connectivity index (χ4v) is 1.18. The lowest BCUT2D eigenvalue weighted by atomic mass is 10.2. The van der Waals surface area contributed by atoms with Gasteiger partial charge in [-0.25, -0.2) is 0 Å². The van der Waals surface area contributed by atoms with Crippen LogP contribution in [0.25, 0.3) is 0 Å². The SMILES string of the molecule is O=[N+]([O-])c1cccc(C2OC=CO2)c1. The topological polar surface area (TPSA) is 61.6 Å². The summed E-state index contributed by atoms with van der Waals surface area (Å²) >= 11 is 0. The first-order valence-electron chi connectivity index (χ1n) is 3.97. The van der Waals surface area contributed by atoms with Crippen LogP contribution in [0, 0.1) is 10.1 Å². The maximum absolute atomic E-state index is 10.5. The van der Waals surface area contributed by atoms with E-state index in [0.29, 0.717) is 5.56 Å². The number of rotatable bonds is 2. The summed E-state index contributed by atoms with van der Waals surface area (Å²) in [5.74, 6) is 0. The standard InChI is InChI=1S/C9H7NO4/c11-10(12)8-3-1-2-7(6-8)9-13-4-5-14-9/h1-6,9H. The summed E-state index contributed by atoms with van der Waals surface area (Å²) in [5.41, 5.74) is 0.658. The first-order chi connectivity index (χ1) is 6.77. The Hall–Kier alpha value is -2.04. The minimum Gasteiger partial charge on any atom is -0.455 e. The van der Waals surface area contributed by atoms with Gasteiger partial charge in [0.2, 0.25) is 0 Å². The quantitative estimate of drug-likeness (QED) is 0.533. The Morgan fingerprint density at radius 3 is 2.64 bits per heavy atom. The summed E-state index contributed by atoms with van der Waals surface area (Å²) in [6, 6.07) is 6.16. The van der Waals surface area contributed by atoms with E-state index in [0.717, 1.165) is 0 Å². The van der Waals surface area contributed by atoms with Gasteiger partial charge in [-0.2, -0.15) is 0 Å². The van der Waals surface area contributed by atoms with Gasteiger partial charge < -0.3 is 9.47 Å². The van der Waals surface area contributed by atoms with Crippen LogP contribution >= 0.6 is 0 Å². The zero-order valence-electron chi connectivity index (χ0n) is 7.12. The maximum atomic E-state index is 10.5. The van der Waals surface area contributed by atoms with Gasteiger partial charge in [-0.1, -0.05) is 12.1 Å². The van der Waals surface area contributed by atoms with Gasteiger partial charge in [0.05, 0.1) is 4.92 Å². The number of nitrogens with zero attached hydrogens (tertiary/aromatic N) is 1. The molecule has 14 heavy (non-hydrogen) atoms. The van der Waals surface area contributed by atoms with Crippen LogP contribution in [0.3, 0.4) is 0 Å². The molecule has 5 heteroatoms. The highest BCUT2D eigenvalue weighted by atomic mass is 16.7. The largest absolute Gasteiger partial charge is 0.455 e. The molecule has 0 amide bonds. The van der Waals surface area contributed by atoms with Crippen molar-refractivity contribution in [3.8, 4) is 0 Å². The van der Waals surface area contributed by atoms with Gasteiger partial charge >= 0.3 is 0 Å². The number of nitro groups is 1. The molecule has 0 N–H and O–H groups in total. The number of nitro benzene ring substituents is 1. The van der Waals surface area contributed by atoms with Gasteiger partial charge in [0.25, 0.3) is 12.0 Å². The van der Waals surface area contributed by atoms with E-state index in [2.05, 4.69) is 0 Å². The van der Waals surface area contributed by atoms with Crippen LogP contribution < -0.4 is 0 Å². The predicted octanol–water partition coefficient (Wildman–Crippen LogP) is 2.11. The number of hydrogen-bond donors (Lipinski definition) is 0. The fourth-order valence-electron chi connectivity index (χ4n) is 1.18. The molecule has 0 bridgehead atoms. The third-order valence-electron chi connectivity index (χ3n) is 1.81. The molecule has 5 nitrogen and oxygen atoms in total. The van der Waals surface area contributed by atoms with Crippen molar-refractivity contribution in [3.05, 3.63) is 52.5 Å². The molecule has 0 saturated carbocycles. The molecule has 72 valence electrons. The van der Waals surface area contributed by atoms with Crippen LogP contribution in [0.1, 0.15) is 11.9 Å². The average Bonchev–Trinajstić information content (AvgIpc) is 2.71. The summed E-state index contributed by atoms with van der Waals surface area (Å²) in [4.78, 5) is 10.0. The minimum absolute atomic E-state index is 0.0293. The van der Waals surface area contributed by atoms with Crippen LogP contribution in [0.15, 0.2) is 36.8 Å². The Labute approximate surface area is 79.7 Å². The van der Waals surface area contributed by atoms with Crippen LogP contribution in [0.2, 0.25) is 0 Å². The summed E-state index contributed by atoms with van der Waals surface area (Å²) < 4.78 is 10.1. The van der Waals surface area contributed by atoms with Gasteiger partial charge in [0.15, 0.2) is 0 Å². The molecule has 2 rings (SSSR count). The van der Waals surface area contributed by atoms with E-state index < -0.39 is 11.2 Å². The van der Waals surface area contributed by atoms with Crippen molar-refractivity contribution in [1.82, 2.24) is 0 Å². The van der Waals surface area contributed by atoms with E-state index in [1.807, 2.05) is 0 Å². The van der Waals surface area contributed by atoms with Crippen molar-refractivity contribution in [1.29, 1.82) is 0 Å². The number of ether oxygens (including phenoxy) is 2. The van der Waals surface area contributed by atoms with E-state index in [9.17, 15) is 10.1 Å². The highest BCUT2D eigenvalue weighted by Crippen LogP contribution is 2.26. The fraction of sp³-hybridized carbons (Fsp3) is 0.111. The van der Waals surface area contributed by atoms with Gasteiger partial charge in [0, 0.05) is 17.7 Å². The molecular formula is C9H7NO4. The van der Waals surface area contributed by atoms with Gasteiger partial charge in [0.1, 0.15) is 12.5 Å². The number of non-ortho nitro benzene ring substituents is 1. The molecule has 0 atom stereocenters. The first kappa shape index (κ1) is 8.55. The van der Waals surface area contributed by atoms with Crippen LogP contribution in [-0.4, -0.2) is 4.92 Å². The van der Waals surface area contributed by atoms with Crippen LogP contribution in [0.5, 0.6) is 0 Å². The smallest absolute Gasteiger partial charge is 0.269 e. The van der Waals surface area contributed by atoms with E-state index in [4.69, 9.17) is 9.47 Å². The maximum Gasteiger partial charge on any atom is 0.269 e. The molecular weight excluding hydrogens is 186 g/mol. The van der Waals surface area contributed by atoms with Gasteiger partial charge in [-0.3, -0.25) is 10.1 Å². The Morgan fingerprint density at radius 1 is 1.29 bits per heavy atom. The Balaban J connectivity index is 2.26. The second-order valence-electron chi connectivity index (χ2n) is 2.73. The molecule has 0 fully saturated rings. The highest BCUT2D eigenvalue weighted by molar-refractivity contribution is 5.35. The Bertz CT molecular complexity index is 380. The Morgan fingerprint density at radius 2 is 2.00 bits per heavy atom. The predicted molar refractivity (Wildman–Crippen MR) is 47.1 cm³/mol. The molecule has 0 saturated heterocycles. The molecule has 0 unspecified atom stereocenters. The first-order valence-corrected chi connectivity index (χ1v) is 3.97. The molecule has 0 radical (unpaired) electrons. The van der Waals surface area contributed by atoms with Crippen molar-refractivity contribution in [3.63, 3.8) is 0 Å². The van der Waals surface area contributed by atoms with E-state index in [1.165, 1.54) is 24.7 Å². The molecule has 0 aromatic heterocycles. The van der Waals surface area contributed by atoms with Crippen molar-refractivity contribution in [2.24, 2.45) is 0 Å². The lowest BCUT2D eigenvalue weighted by Crippen LogP contribution is -1.98. The monoisotopic (exact) mass is 193 g/mol. The molecule has 0 aliphatic carbocycles. The molecule has 1 heterocycles. The summed E-state index contributed by atoms with van der Waals surface area (Å²) in [6.07, 6.45) is 2.25. The average molecular weight is 193 g/mol. The molecule has 1 aliphatic rings. The summed E-state index contributed by atoms with van der Waals surface area (Å²) in [5, 5.41) is 10.5. The number of benzene rings is 1. The van der Waals surface area contributed by atoms with E-state index in [-0.39, 0.29) is 5.69 Å². The second kappa shape index (κ2) is 3.37. The van der Waals surface area contributed by atoms with Gasteiger partial charge in [-0.15, -0.1) is 0 Å². The number of hydrogen-bond acceptors (Lipinski definition) is 4. The lowest BCUT2D eigenvalue weighted by Gasteiger charge is -2.09. The Kier molecular flexibility index (Phi) is 2.06. The summed E-state index contributed by atoms with van der Waals surface area (Å²) in [6.45, 7) is 0. The summed E-state index contributed by atoms with van der Waals surface area (Å²) in [7, 11) is 0. The van der Waals surface area contributed by atoms with Crippen molar-refractivity contribution in [2.45, 2.75) is 6.29 Å². The zero-order chi connectivity index (χ0) is 9.97. The molecule has 1 aliphatic heterocycles. The second-order valence-corrected chi connectivity index (χ2v) is 2.73. The zero-order valence-corrected chi connectivity index (χ0v) is 7.12. The van der Waals surface area contributed by atoms with Gasteiger partial charge in [-0.05, 0) is 0 Å². The third-order valence-corrected chi connectivity index (χ3v) is 1.81. The van der Waals surface area contributed by atoms with Crippen LogP contribution in [0.4, 0.5) is 5.69 Å². The molecule has 0 spiro atoms. The van der Waals surface area contributed by atoms with Crippen LogP contribution in [-0.2, 0) is 9.47 Å². The van der Waals surface area contributed by atoms with E-state index in [1.54, 1.807) is 12.1 Å². The minimum atomic E-state index is -0.560. The lowest BCUT2D eigenvalue weighted by molar-refractivity contribution is -0.385.